The van der Waals surface area contributed by atoms with Gasteiger partial charge in [-0.05, 0) is 53.0 Å². The molecule has 1 aliphatic heterocycles. The Balaban J connectivity index is 0.00000320. The summed E-state index contributed by atoms with van der Waals surface area (Å²) in [6, 6.07) is 2.69. The van der Waals surface area contributed by atoms with Gasteiger partial charge in [0.2, 0.25) is 0 Å². The second kappa shape index (κ2) is 11.2. The van der Waals surface area contributed by atoms with Gasteiger partial charge in [0.15, 0.2) is 5.96 Å². The highest BCUT2D eigenvalue weighted by Gasteiger charge is 2.28. The van der Waals surface area contributed by atoms with Gasteiger partial charge >= 0.3 is 6.09 Å². The predicted octanol–water partition coefficient (Wildman–Crippen LogP) is 3.68. The van der Waals surface area contributed by atoms with Crippen molar-refractivity contribution < 1.29 is 9.53 Å². The summed E-state index contributed by atoms with van der Waals surface area (Å²) in [5.74, 6) is 0.872. The lowest BCUT2D eigenvalue weighted by atomic mass is 10.2. The topological polar surface area (TPSA) is 83.8 Å². The van der Waals surface area contributed by atoms with Crippen molar-refractivity contribution in [2.75, 3.05) is 19.6 Å². The highest BCUT2D eigenvalue weighted by atomic mass is 127. The fourth-order valence-corrected chi connectivity index (χ4v) is 3.96. The van der Waals surface area contributed by atoms with E-state index in [1.54, 1.807) is 0 Å². The highest BCUT2D eigenvalue weighted by molar-refractivity contribution is 14.0. The van der Waals surface area contributed by atoms with Crippen molar-refractivity contribution in [3.63, 3.8) is 0 Å². The molecule has 8 nitrogen and oxygen atoms in total. The molecule has 1 aromatic heterocycles. The van der Waals surface area contributed by atoms with Gasteiger partial charge in [0.1, 0.15) is 5.60 Å². The number of rotatable bonds is 5. The molecule has 0 aromatic carbocycles. The number of hydrogen-bond donors (Lipinski definition) is 2. The Morgan fingerprint density at radius 2 is 2.03 bits per heavy atom. The molecule has 2 N–H and O–H groups in total. The van der Waals surface area contributed by atoms with Crippen LogP contribution in [0.4, 0.5) is 4.79 Å². The molecule has 1 aliphatic carbocycles. The van der Waals surface area contributed by atoms with Crippen LogP contribution in [0.1, 0.15) is 71.5 Å². The maximum absolute atomic E-state index is 12.0. The number of halogens is 1. The number of amides is 1. The maximum atomic E-state index is 12.0. The summed E-state index contributed by atoms with van der Waals surface area (Å²) in [4.78, 5) is 19.0. The number of aliphatic imine (C=N–C) groups is 1. The third-order valence-corrected chi connectivity index (χ3v) is 5.30. The van der Waals surface area contributed by atoms with Crippen LogP contribution in [0.3, 0.4) is 0 Å². The molecular weight excluding hydrogens is 495 g/mol. The van der Waals surface area contributed by atoms with Crippen LogP contribution in [0, 0.1) is 0 Å². The number of nitrogens with one attached hydrogen (secondary N) is 2. The Labute approximate surface area is 197 Å². The average Bonchev–Trinajstić information content (AvgIpc) is 3.37. The molecule has 30 heavy (non-hydrogen) atoms. The predicted molar refractivity (Wildman–Crippen MR) is 129 cm³/mol. The molecule has 170 valence electrons. The molecule has 1 saturated heterocycles. The van der Waals surface area contributed by atoms with Crippen LogP contribution in [0.5, 0.6) is 0 Å². The SMILES string of the molecule is CCNC(=NCc1ccn(C2CCCC2)n1)N1CC[C@@H](NC(=O)OC(C)(C)C)C1.I. The third kappa shape index (κ3) is 7.31. The van der Waals surface area contributed by atoms with E-state index in [9.17, 15) is 4.79 Å². The zero-order valence-corrected chi connectivity index (χ0v) is 21.0. The number of ether oxygens (including phenoxy) is 1. The number of alkyl carbamates (subject to hydrolysis) is 1. The number of guanidine groups is 1. The van der Waals surface area contributed by atoms with Gasteiger partial charge in [0.25, 0.3) is 0 Å². The zero-order chi connectivity index (χ0) is 20.9. The minimum Gasteiger partial charge on any atom is -0.444 e. The standard InChI is InChI=1S/C21H36N6O2.HI/c1-5-22-19(23-14-16-11-13-27(25-16)18-8-6-7-9-18)26-12-10-17(15-26)24-20(28)29-21(2,3)4;/h11,13,17-18H,5-10,12,14-15H2,1-4H3,(H,22,23)(H,24,28);1H/t17-;/m1./s1. The van der Waals surface area contributed by atoms with Crippen LogP contribution in [-0.4, -0.2) is 58.0 Å². The van der Waals surface area contributed by atoms with E-state index in [-0.39, 0.29) is 36.1 Å². The third-order valence-electron chi connectivity index (χ3n) is 5.30. The van der Waals surface area contributed by atoms with E-state index in [4.69, 9.17) is 14.8 Å². The molecule has 0 unspecified atom stereocenters. The monoisotopic (exact) mass is 532 g/mol. The number of carbonyl (C=O) groups is 1. The Bertz CT molecular complexity index is 709. The van der Waals surface area contributed by atoms with Gasteiger partial charge in [0, 0.05) is 25.8 Å². The molecule has 1 saturated carbocycles. The summed E-state index contributed by atoms with van der Waals surface area (Å²) in [7, 11) is 0. The van der Waals surface area contributed by atoms with Crippen LogP contribution < -0.4 is 10.6 Å². The van der Waals surface area contributed by atoms with E-state index in [0.717, 1.165) is 37.7 Å². The van der Waals surface area contributed by atoms with Crippen LogP contribution in [0.25, 0.3) is 0 Å². The second-order valence-corrected chi connectivity index (χ2v) is 8.97. The van der Waals surface area contributed by atoms with Gasteiger partial charge < -0.3 is 20.3 Å². The molecule has 0 radical (unpaired) electrons. The molecule has 1 aromatic rings. The molecule has 2 fully saturated rings. The van der Waals surface area contributed by atoms with Gasteiger partial charge in [-0.1, -0.05) is 12.8 Å². The van der Waals surface area contributed by atoms with Crippen molar-refractivity contribution in [3.05, 3.63) is 18.0 Å². The normalized spacial score (nSPS) is 20.2. The van der Waals surface area contributed by atoms with Crippen LogP contribution >= 0.6 is 24.0 Å². The van der Waals surface area contributed by atoms with E-state index >= 15 is 0 Å². The molecule has 2 aliphatic rings. The van der Waals surface area contributed by atoms with E-state index in [1.165, 1.54) is 25.7 Å². The van der Waals surface area contributed by atoms with Crippen molar-refractivity contribution in [1.82, 2.24) is 25.3 Å². The first kappa shape index (κ1) is 24.7. The second-order valence-electron chi connectivity index (χ2n) is 8.97. The van der Waals surface area contributed by atoms with Crippen molar-refractivity contribution in [1.29, 1.82) is 0 Å². The largest absolute Gasteiger partial charge is 0.444 e. The Morgan fingerprint density at radius 1 is 1.30 bits per heavy atom. The average molecular weight is 532 g/mol. The van der Waals surface area contributed by atoms with Gasteiger partial charge in [-0.2, -0.15) is 5.10 Å². The lowest BCUT2D eigenvalue weighted by Gasteiger charge is -2.23. The molecule has 1 amide bonds. The van der Waals surface area contributed by atoms with E-state index < -0.39 is 5.60 Å². The number of hydrogen-bond acceptors (Lipinski definition) is 4. The first-order valence-electron chi connectivity index (χ1n) is 10.9. The number of aromatic nitrogens is 2. The van der Waals surface area contributed by atoms with Crippen molar-refractivity contribution in [2.45, 2.75) is 84.0 Å². The van der Waals surface area contributed by atoms with Crippen LogP contribution in [0.15, 0.2) is 17.3 Å². The maximum Gasteiger partial charge on any atom is 0.407 e. The van der Waals surface area contributed by atoms with Crippen LogP contribution in [-0.2, 0) is 11.3 Å². The Morgan fingerprint density at radius 3 is 2.70 bits per heavy atom. The summed E-state index contributed by atoms with van der Waals surface area (Å²) in [6.45, 7) is 10.6. The summed E-state index contributed by atoms with van der Waals surface area (Å²) < 4.78 is 7.48. The van der Waals surface area contributed by atoms with Gasteiger partial charge in [-0.3, -0.25) is 4.68 Å². The van der Waals surface area contributed by atoms with Gasteiger partial charge in [-0.25, -0.2) is 9.79 Å². The summed E-state index contributed by atoms with van der Waals surface area (Å²) in [6.07, 6.45) is 7.67. The molecule has 1 atom stereocenters. The van der Waals surface area contributed by atoms with Crippen molar-refractivity contribution >= 4 is 36.0 Å². The molecular formula is C21H37IN6O2. The fraction of sp³-hybridized carbons (Fsp3) is 0.762. The fourth-order valence-electron chi connectivity index (χ4n) is 3.96. The Hall–Kier alpha value is -1.52. The minimum absolute atomic E-state index is 0. The van der Waals surface area contributed by atoms with Crippen molar-refractivity contribution in [2.24, 2.45) is 4.99 Å². The molecule has 2 heterocycles. The molecule has 3 rings (SSSR count). The van der Waals surface area contributed by atoms with Crippen molar-refractivity contribution in [3.8, 4) is 0 Å². The lowest BCUT2D eigenvalue weighted by molar-refractivity contribution is 0.0507. The number of carbonyl (C=O) groups excluding carboxylic acids is 1. The zero-order valence-electron chi connectivity index (χ0n) is 18.7. The summed E-state index contributed by atoms with van der Waals surface area (Å²) in [5.41, 5.74) is 0.510. The van der Waals surface area contributed by atoms with Gasteiger partial charge in [-0.15, -0.1) is 24.0 Å². The molecule has 0 bridgehead atoms. The summed E-state index contributed by atoms with van der Waals surface area (Å²) >= 11 is 0. The van der Waals surface area contributed by atoms with E-state index in [1.807, 2.05) is 20.8 Å². The number of nitrogens with zero attached hydrogens (tertiary/aromatic N) is 4. The quantitative estimate of drug-likeness (QED) is 0.344. The number of likely N-dealkylation sites (tertiary alicyclic amines) is 1. The Kier molecular flexibility index (Phi) is 9.24. The molecule has 0 spiro atoms. The minimum atomic E-state index is -0.485. The highest BCUT2D eigenvalue weighted by Crippen LogP contribution is 2.28. The summed E-state index contributed by atoms with van der Waals surface area (Å²) in [5, 5.41) is 11.1. The molecule has 9 heteroatoms. The van der Waals surface area contributed by atoms with Crippen LogP contribution in [0.2, 0.25) is 0 Å². The lowest BCUT2D eigenvalue weighted by Crippen LogP contribution is -2.44. The van der Waals surface area contributed by atoms with E-state index in [2.05, 4.69) is 39.4 Å². The van der Waals surface area contributed by atoms with Gasteiger partial charge in [0.05, 0.1) is 24.3 Å². The first-order valence-corrected chi connectivity index (χ1v) is 10.9. The first-order chi connectivity index (χ1) is 13.8. The van der Waals surface area contributed by atoms with E-state index in [0.29, 0.717) is 12.6 Å². The smallest absolute Gasteiger partial charge is 0.407 e.